The zero-order valence-corrected chi connectivity index (χ0v) is 18.5. The van der Waals surface area contributed by atoms with Crippen LogP contribution >= 0.6 is 23.2 Å². The van der Waals surface area contributed by atoms with E-state index in [0.717, 1.165) is 16.6 Å². The maximum atomic E-state index is 12.9. The van der Waals surface area contributed by atoms with E-state index in [2.05, 4.69) is 22.2 Å². The third kappa shape index (κ3) is 4.37. The molecule has 160 valence electrons. The molecule has 2 N–H and O–H groups in total. The monoisotopic (exact) mass is 464 g/mol. The number of hydrogen-bond donors (Lipinski definition) is 2. The molecule has 0 unspecified atom stereocenters. The van der Waals surface area contributed by atoms with Crippen LogP contribution in [0.25, 0.3) is 16.7 Å². The summed E-state index contributed by atoms with van der Waals surface area (Å²) in [7, 11) is 0. The first kappa shape index (κ1) is 21.6. The molecule has 0 aliphatic rings. The van der Waals surface area contributed by atoms with Crippen molar-refractivity contribution in [3.63, 3.8) is 0 Å². The lowest BCUT2D eigenvalue weighted by Gasteiger charge is -2.12. The Morgan fingerprint density at radius 1 is 1.00 bits per heavy atom. The molecule has 0 radical (unpaired) electrons. The molecule has 32 heavy (non-hydrogen) atoms. The number of benzene rings is 3. The highest BCUT2D eigenvalue weighted by Crippen LogP contribution is 2.28. The molecular formula is C24H18Cl2N4O2. The zero-order chi connectivity index (χ0) is 22.8. The molecule has 4 rings (SSSR count). The largest absolute Gasteiger partial charge is 0.322 e. The molecule has 0 aliphatic carbocycles. The fourth-order valence-corrected chi connectivity index (χ4v) is 3.56. The number of carbonyl (C=O) groups is 2. The first-order valence-electron chi connectivity index (χ1n) is 9.65. The lowest BCUT2D eigenvalue weighted by Crippen LogP contribution is -2.15. The summed E-state index contributed by atoms with van der Waals surface area (Å²) in [6, 6.07) is 17.7. The number of rotatable bonds is 5. The topological polar surface area (TPSA) is 76.0 Å². The quantitative estimate of drug-likeness (QED) is 0.354. The summed E-state index contributed by atoms with van der Waals surface area (Å²) < 4.78 is 1.81. The van der Waals surface area contributed by atoms with Gasteiger partial charge in [0.2, 0.25) is 11.9 Å². The summed E-state index contributed by atoms with van der Waals surface area (Å²) in [5.74, 6) is -0.372. The van der Waals surface area contributed by atoms with Crippen molar-refractivity contribution >= 4 is 57.7 Å². The Hall–Kier alpha value is -3.61. The second-order valence-electron chi connectivity index (χ2n) is 7.09. The van der Waals surface area contributed by atoms with E-state index in [1.165, 1.54) is 12.1 Å². The number of anilines is 2. The van der Waals surface area contributed by atoms with E-state index < -0.39 is 0 Å². The number of aryl methyl sites for hydroxylation is 1. The van der Waals surface area contributed by atoms with Crippen LogP contribution in [-0.2, 0) is 4.79 Å². The van der Waals surface area contributed by atoms with Gasteiger partial charge in [-0.1, -0.05) is 41.9 Å². The fraction of sp³-hybridized carbons (Fsp3) is 0.0417. The van der Waals surface area contributed by atoms with Gasteiger partial charge >= 0.3 is 0 Å². The van der Waals surface area contributed by atoms with Crippen LogP contribution in [0.4, 0.5) is 11.6 Å². The number of carbonyl (C=O) groups excluding carboxylic acids is 2. The van der Waals surface area contributed by atoms with Gasteiger partial charge in [0, 0.05) is 11.3 Å². The maximum absolute atomic E-state index is 12.9. The Kier molecular flexibility index (Phi) is 5.99. The molecule has 1 aromatic heterocycles. The van der Waals surface area contributed by atoms with E-state index in [1.54, 1.807) is 30.3 Å². The van der Waals surface area contributed by atoms with Gasteiger partial charge in [-0.05, 0) is 67.1 Å². The first-order valence-corrected chi connectivity index (χ1v) is 10.4. The highest BCUT2D eigenvalue weighted by atomic mass is 35.5. The van der Waals surface area contributed by atoms with Gasteiger partial charge in [0.05, 0.1) is 26.8 Å². The molecule has 0 saturated heterocycles. The predicted molar refractivity (Wildman–Crippen MR) is 129 cm³/mol. The smallest absolute Gasteiger partial charge is 0.258 e. The molecule has 0 spiro atoms. The second kappa shape index (κ2) is 8.86. The number of nitrogens with one attached hydrogen (secondary N) is 2. The highest BCUT2D eigenvalue weighted by molar-refractivity contribution is 6.42. The summed E-state index contributed by atoms with van der Waals surface area (Å²) in [5.41, 5.74) is 4.20. The number of aromatic nitrogens is 2. The van der Waals surface area contributed by atoms with Crippen LogP contribution in [0.3, 0.4) is 0 Å². The minimum Gasteiger partial charge on any atom is -0.322 e. The summed E-state index contributed by atoms with van der Waals surface area (Å²) in [6.45, 7) is 5.44. The van der Waals surface area contributed by atoms with Crippen LogP contribution in [0.2, 0.25) is 10.0 Å². The van der Waals surface area contributed by atoms with Crippen molar-refractivity contribution in [2.45, 2.75) is 6.92 Å². The maximum Gasteiger partial charge on any atom is 0.258 e. The van der Waals surface area contributed by atoms with Gasteiger partial charge in [0.15, 0.2) is 0 Å². The van der Waals surface area contributed by atoms with Gasteiger partial charge in [-0.2, -0.15) is 0 Å². The van der Waals surface area contributed by atoms with E-state index in [-0.39, 0.29) is 16.8 Å². The number of nitrogens with zero attached hydrogens (tertiary/aromatic N) is 2. The van der Waals surface area contributed by atoms with Gasteiger partial charge in [0.25, 0.3) is 5.91 Å². The summed E-state index contributed by atoms with van der Waals surface area (Å²) in [4.78, 5) is 29.3. The van der Waals surface area contributed by atoms with Gasteiger partial charge in [-0.3, -0.25) is 19.5 Å². The lowest BCUT2D eigenvalue weighted by atomic mass is 10.2. The molecule has 2 amide bonds. The van der Waals surface area contributed by atoms with Crippen molar-refractivity contribution in [1.82, 2.24) is 9.55 Å². The molecule has 3 aromatic carbocycles. The average Bonchev–Trinajstić information content (AvgIpc) is 3.12. The minimum atomic E-state index is -0.382. The van der Waals surface area contributed by atoms with Crippen molar-refractivity contribution in [3.05, 3.63) is 94.5 Å². The van der Waals surface area contributed by atoms with Gasteiger partial charge in [-0.15, -0.1) is 0 Å². The van der Waals surface area contributed by atoms with Crippen LogP contribution in [-0.4, -0.2) is 21.4 Å². The molecule has 0 aliphatic heterocycles. The van der Waals surface area contributed by atoms with Crippen molar-refractivity contribution in [2.75, 3.05) is 10.6 Å². The Labute approximate surface area is 194 Å². The third-order valence-electron chi connectivity index (χ3n) is 4.77. The average molecular weight is 465 g/mol. The number of imidazole rings is 1. The molecule has 0 bridgehead atoms. The Bertz CT molecular complexity index is 1380. The van der Waals surface area contributed by atoms with E-state index >= 15 is 0 Å². The second-order valence-corrected chi connectivity index (χ2v) is 7.90. The fourth-order valence-electron chi connectivity index (χ4n) is 3.26. The van der Waals surface area contributed by atoms with Crippen molar-refractivity contribution < 1.29 is 9.59 Å². The molecule has 0 saturated carbocycles. The van der Waals surface area contributed by atoms with Crippen molar-refractivity contribution in [2.24, 2.45) is 0 Å². The predicted octanol–water partition coefficient (Wildman–Crippen LogP) is 6.02. The molecule has 0 fully saturated rings. The van der Waals surface area contributed by atoms with Gasteiger partial charge < -0.3 is 5.32 Å². The normalized spacial score (nSPS) is 10.7. The van der Waals surface area contributed by atoms with E-state index in [0.29, 0.717) is 27.9 Å². The number of amides is 2. The molecule has 4 aromatic rings. The van der Waals surface area contributed by atoms with E-state index in [1.807, 2.05) is 35.8 Å². The Morgan fingerprint density at radius 2 is 1.81 bits per heavy atom. The Balaban J connectivity index is 1.80. The zero-order valence-electron chi connectivity index (χ0n) is 17.0. The standard InChI is InChI=1S/C24H18Cl2N4O2/c1-3-22(31)27-16-5-4-6-17(13-16)30-21-10-7-14(2)11-20(21)28-24(30)29-23(32)15-8-9-18(25)19(26)12-15/h3-13H,1H2,2H3,(H,27,31)(H,28,29,32). The van der Waals surface area contributed by atoms with Gasteiger partial charge in [-0.25, -0.2) is 4.98 Å². The molecule has 8 heteroatoms. The molecule has 6 nitrogen and oxygen atoms in total. The molecular weight excluding hydrogens is 447 g/mol. The summed E-state index contributed by atoms with van der Waals surface area (Å²) in [6.07, 6.45) is 1.20. The van der Waals surface area contributed by atoms with Crippen LogP contribution < -0.4 is 10.6 Å². The van der Waals surface area contributed by atoms with Crippen LogP contribution in [0, 0.1) is 6.92 Å². The van der Waals surface area contributed by atoms with E-state index in [4.69, 9.17) is 23.2 Å². The number of hydrogen-bond acceptors (Lipinski definition) is 3. The third-order valence-corrected chi connectivity index (χ3v) is 5.51. The van der Waals surface area contributed by atoms with Crippen LogP contribution in [0.15, 0.2) is 73.3 Å². The summed E-state index contributed by atoms with van der Waals surface area (Å²) in [5, 5.41) is 6.25. The summed E-state index contributed by atoms with van der Waals surface area (Å²) >= 11 is 12.0. The van der Waals surface area contributed by atoms with Crippen LogP contribution in [0.1, 0.15) is 15.9 Å². The number of halogens is 2. The Morgan fingerprint density at radius 3 is 2.56 bits per heavy atom. The van der Waals surface area contributed by atoms with Crippen molar-refractivity contribution in [1.29, 1.82) is 0 Å². The molecule has 0 atom stereocenters. The number of fused-ring (bicyclic) bond motifs is 1. The van der Waals surface area contributed by atoms with Gasteiger partial charge in [0.1, 0.15) is 0 Å². The minimum absolute atomic E-state index is 0.286. The highest BCUT2D eigenvalue weighted by Gasteiger charge is 2.17. The lowest BCUT2D eigenvalue weighted by molar-refractivity contribution is -0.111. The van der Waals surface area contributed by atoms with Crippen LogP contribution in [0.5, 0.6) is 0 Å². The van der Waals surface area contributed by atoms with Crippen molar-refractivity contribution in [3.8, 4) is 5.69 Å². The first-order chi connectivity index (χ1) is 15.4. The SMILES string of the molecule is C=CC(=O)Nc1cccc(-n2c(NC(=O)c3ccc(Cl)c(Cl)c3)nc3cc(C)ccc32)c1. The molecule has 1 heterocycles. The van der Waals surface area contributed by atoms with E-state index in [9.17, 15) is 9.59 Å².